The van der Waals surface area contributed by atoms with Gasteiger partial charge in [0.15, 0.2) is 0 Å². The quantitative estimate of drug-likeness (QED) is 0.330. The summed E-state index contributed by atoms with van der Waals surface area (Å²) in [6.45, 7) is 0.0265. The maximum atomic E-state index is 13.0. The lowest BCUT2D eigenvalue weighted by molar-refractivity contribution is 0.246. The van der Waals surface area contributed by atoms with E-state index in [0.29, 0.717) is 15.7 Å². The number of hydrazine groups is 2. The molecule has 2 amide bonds. The lowest BCUT2D eigenvalue weighted by Gasteiger charge is -2.20. The fourth-order valence-corrected chi connectivity index (χ4v) is 2.18. The Morgan fingerprint density at radius 3 is 2.77 bits per heavy atom. The molecule has 2 aromatic rings. The molecule has 1 heterocycles. The normalized spacial score (nSPS) is 10.2. The van der Waals surface area contributed by atoms with Crippen molar-refractivity contribution >= 4 is 27.6 Å². The highest BCUT2D eigenvalue weighted by Crippen LogP contribution is 2.28. The Labute approximate surface area is 134 Å². The third-order valence-electron chi connectivity index (χ3n) is 2.75. The standard InChI is InChI=1S/C13H13BrFN5O2/c14-9-3-1-4-10(20(17)13(21)19-16)8(9)7-22-12-6-2-5-11(15)18-12/h1-6H,7,16-17H2,(H,19,21). The van der Waals surface area contributed by atoms with Gasteiger partial charge < -0.3 is 4.74 Å². The zero-order valence-electron chi connectivity index (χ0n) is 11.3. The predicted molar refractivity (Wildman–Crippen MR) is 82.1 cm³/mol. The van der Waals surface area contributed by atoms with Gasteiger partial charge in [-0.05, 0) is 18.2 Å². The fraction of sp³-hybridized carbons (Fsp3) is 0.0769. The molecule has 0 saturated carbocycles. The molecule has 0 unspecified atom stereocenters. The average molecular weight is 370 g/mol. The lowest BCUT2D eigenvalue weighted by atomic mass is 10.2. The van der Waals surface area contributed by atoms with Crippen molar-refractivity contribution in [1.29, 1.82) is 0 Å². The SMILES string of the molecule is NNC(=O)N(N)c1cccc(Br)c1COc1cccc(F)n1. The summed E-state index contributed by atoms with van der Waals surface area (Å²) >= 11 is 3.35. The van der Waals surface area contributed by atoms with Crippen LogP contribution < -0.4 is 26.9 Å². The number of aromatic nitrogens is 1. The van der Waals surface area contributed by atoms with Crippen LogP contribution in [0, 0.1) is 5.95 Å². The minimum atomic E-state index is -0.691. The van der Waals surface area contributed by atoms with E-state index in [1.165, 1.54) is 18.2 Å². The predicted octanol–water partition coefficient (Wildman–Crippen LogP) is 1.83. The molecule has 22 heavy (non-hydrogen) atoms. The van der Waals surface area contributed by atoms with Gasteiger partial charge in [-0.3, -0.25) is 5.43 Å². The van der Waals surface area contributed by atoms with Crippen LogP contribution >= 0.6 is 15.9 Å². The van der Waals surface area contributed by atoms with Crippen LogP contribution in [0.3, 0.4) is 0 Å². The van der Waals surface area contributed by atoms with Crippen molar-refractivity contribution in [3.05, 3.63) is 52.4 Å². The van der Waals surface area contributed by atoms with Crippen LogP contribution in [0.2, 0.25) is 0 Å². The van der Waals surface area contributed by atoms with Crippen molar-refractivity contribution in [2.45, 2.75) is 6.61 Å². The number of pyridine rings is 1. The van der Waals surface area contributed by atoms with E-state index in [-0.39, 0.29) is 12.5 Å². The summed E-state index contributed by atoms with van der Waals surface area (Å²) < 4.78 is 19.1. The van der Waals surface area contributed by atoms with Gasteiger partial charge in [0.2, 0.25) is 11.8 Å². The third-order valence-corrected chi connectivity index (χ3v) is 3.49. The molecule has 116 valence electrons. The van der Waals surface area contributed by atoms with Crippen LogP contribution in [0.5, 0.6) is 5.88 Å². The smallest absolute Gasteiger partial charge is 0.350 e. The Hall–Kier alpha value is -2.23. The number of nitrogens with two attached hydrogens (primary N) is 2. The van der Waals surface area contributed by atoms with E-state index in [1.807, 2.05) is 5.43 Å². The molecule has 0 aliphatic carbocycles. The molecule has 0 fully saturated rings. The van der Waals surface area contributed by atoms with Gasteiger partial charge in [-0.25, -0.2) is 21.5 Å². The Kier molecular flexibility index (Phi) is 5.26. The lowest BCUT2D eigenvalue weighted by Crippen LogP contribution is -2.48. The molecule has 0 saturated heterocycles. The molecule has 7 nitrogen and oxygen atoms in total. The van der Waals surface area contributed by atoms with E-state index < -0.39 is 12.0 Å². The van der Waals surface area contributed by atoms with E-state index in [1.54, 1.807) is 18.2 Å². The minimum absolute atomic E-state index is 0.0265. The Morgan fingerprint density at radius 1 is 1.36 bits per heavy atom. The molecule has 9 heteroatoms. The number of urea groups is 1. The minimum Gasteiger partial charge on any atom is -0.473 e. The van der Waals surface area contributed by atoms with Gasteiger partial charge >= 0.3 is 6.03 Å². The molecule has 0 atom stereocenters. The molecule has 1 aromatic heterocycles. The molecule has 0 aliphatic heterocycles. The Bertz CT molecular complexity index is 685. The van der Waals surface area contributed by atoms with Crippen LogP contribution in [0.4, 0.5) is 14.9 Å². The van der Waals surface area contributed by atoms with Gasteiger partial charge in [0.05, 0.1) is 5.69 Å². The Morgan fingerprint density at radius 2 is 2.09 bits per heavy atom. The number of nitrogens with one attached hydrogen (secondary N) is 1. The van der Waals surface area contributed by atoms with Crippen molar-refractivity contribution in [2.75, 3.05) is 5.01 Å². The topological polar surface area (TPSA) is 106 Å². The van der Waals surface area contributed by atoms with Crippen LogP contribution in [0.15, 0.2) is 40.9 Å². The number of carbonyl (C=O) groups excluding carboxylic acids is 1. The number of hydrogen-bond acceptors (Lipinski definition) is 5. The van der Waals surface area contributed by atoms with Crippen molar-refractivity contribution in [3.8, 4) is 5.88 Å². The first-order valence-corrected chi connectivity index (χ1v) is 6.90. The van der Waals surface area contributed by atoms with E-state index in [0.717, 1.165) is 5.01 Å². The average Bonchev–Trinajstić information content (AvgIpc) is 2.52. The highest BCUT2D eigenvalue weighted by molar-refractivity contribution is 9.10. The maximum Gasteiger partial charge on any atom is 0.350 e. The van der Waals surface area contributed by atoms with Crippen LogP contribution in [0.25, 0.3) is 0 Å². The van der Waals surface area contributed by atoms with Gasteiger partial charge in [-0.1, -0.05) is 28.1 Å². The second-order valence-electron chi connectivity index (χ2n) is 4.14. The zero-order valence-corrected chi connectivity index (χ0v) is 12.9. The number of hydrogen-bond donors (Lipinski definition) is 3. The molecule has 5 N–H and O–H groups in total. The van der Waals surface area contributed by atoms with Crippen molar-refractivity contribution in [1.82, 2.24) is 10.4 Å². The summed E-state index contributed by atoms with van der Waals surface area (Å²) in [7, 11) is 0. The summed E-state index contributed by atoms with van der Waals surface area (Å²) in [4.78, 5) is 15.1. The van der Waals surface area contributed by atoms with Crippen LogP contribution in [0.1, 0.15) is 5.56 Å². The van der Waals surface area contributed by atoms with Crippen LogP contribution in [-0.2, 0) is 6.61 Å². The van der Waals surface area contributed by atoms with E-state index in [9.17, 15) is 9.18 Å². The van der Waals surface area contributed by atoms with Crippen molar-refractivity contribution in [3.63, 3.8) is 0 Å². The number of rotatable bonds is 4. The first-order valence-electron chi connectivity index (χ1n) is 6.11. The number of benzene rings is 1. The molecular formula is C13H13BrFN5O2. The summed E-state index contributed by atoms with van der Waals surface area (Å²) in [5.41, 5.74) is 2.90. The van der Waals surface area contributed by atoms with Crippen LogP contribution in [-0.4, -0.2) is 11.0 Å². The third kappa shape index (κ3) is 3.70. The highest BCUT2D eigenvalue weighted by atomic mass is 79.9. The number of amides is 2. The molecule has 0 bridgehead atoms. The first-order chi connectivity index (χ1) is 10.5. The first kappa shape index (κ1) is 16.1. The molecule has 0 radical (unpaired) electrons. The number of ether oxygens (including phenoxy) is 1. The van der Waals surface area contributed by atoms with Gasteiger partial charge in [0.25, 0.3) is 0 Å². The molecule has 0 aliphatic rings. The molecule has 2 rings (SSSR count). The number of nitrogens with zero attached hydrogens (tertiary/aromatic N) is 2. The van der Waals surface area contributed by atoms with Crippen molar-refractivity contribution in [2.24, 2.45) is 11.7 Å². The van der Waals surface area contributed by atoms with E-state index >= 15 is 0 Å². The van der Waals surface area contributed by atoms with E-state index in [4.69, 9.17) is 16.4 Å². The van der Waals surface area contributed by atoms with Crippen molar-refractivity contribution < 1.29 is 13.9 Å². The van der Waals surface area contributed by atoms with E-state index in [2.05, 4.69) is 20.9 Å². The zero-order chi connectivity index (χ0) is 16.1. The van der Waals surface area contributed by atoms with Gasteiger partial charge in [0.1, 0.15) is 6.61 Å². The summed E-state index contributed by atoms with van der Waals surface area (Å²) in [6.07, 6.45) is 0. The number of halogens is 2. The van der Waals surface area contributed by atoms with Gasteiger partial charge in [0, 0.05) is 16.1 Å². The van der Waals surface area contributed by atoms with Gasteiger partial charge in [-0.15, -0.1) is 0 Å². The summed E-state index contributed by atoms with van der Waals surface area (Å²) in [5.74, 6) is 10.2. The molecular weight excluding hydrogens is 357 g/mol. The number of anilines is 1. The monoisotopic (exact) mass is 369 g/mol. The Balaban J connectivity index is 2.24. The molecule has 0 spiro atoms. The second-order valence-corrected chi connectivity index (χ2v) is 5.00. The summed E-state index contributed by atoms with van der Waals surface area (Å²) in [6, 6.07) is 8.61. The fourth-order valence-electron chi connectivity index (χ4n) is 1.71. The largest absolute Gasteiger partial charge is 0.473 e. The second kappa shape index (κ2) is 7.16. The summed E-state index contributed by atoms with van der Waals surface area (Å²) in [5, 5.41) is 0.850. The maximum absolute atomic E-state index is 13.0. The number of carbonyl (C=O) groups is 1. The van der Waals surface area contributed by atoms with Gasteiger partial charge in [-0.2, -0.15) is 9.37 Å². The molecule has 1 aromatic carbocycles. The highest BCUT2D eigenvalue weighted by Gasteiger charge is 2.17.